The van der Waals surface area contributed by atoms with E-state index in [4.69, 9.17) is 0 Å². The number of carbonyl (C=O) groups is 1. The van der Waals surface area contributed by atoms with Crippen LogP contribution in [0.3, 0.4) is 0 Å². The van der Waals surface area contributed by atoms with E-state index >= 15 is 0 Å². The Kier molecular flexibility index (Phi) is 5.33. The zero-order chi connectivity index (χ0) is 20.7. The molecule has 0 aromatic carbocycles. The molecule has 2 fully saturated rings. The fourth-order valence-electron chi connectivity index (χ4n) is 4.32. The smallest absolute Gasteiger partial charge is 0.255 e. The van der Waals surface area contributed by atoms with Crippen LogP contribution in [0, 0.1) is 17.7 Å². The van der Waals surface area contributed by atoms with Gasteiger partial charge in [0.05, 0.1) is 11.9 Å². The van der Waals surface area contributed by atoms with Gasteiger partial charge in [-0.3, -0.25) is 19.1 Å². The Balaban J connectivity index is 1.53. The SMILES string of the molecule is CSCCC(=O)N1CC2C(C1)C2N(C)c1nc(-c2ccncc2F)cc(=O)n1C. The van der Waals surface area contributed by atoms with Crippen LogP contribution in [0.1, 0.15) is 6.42 Å². The Morgan fingerprint density at radius 3 is 2.76 bits per heavy atom. The summed E-state index contributed by atoms with van der Waals surface area (Å²) >= 11 is 1.68. The third kappa shape index (κ3) is 3.63. The van der Waals surface area contributed by atoms with Crippen molar-refractivity contribution in [1.82, 2.24) is 19.4 Å². The first-order valence-corrected chi connectivity index (χ1v) is 11.0. The topological polar surface area (TPSA) is 71.3 Å². The minimum atomic E-state index is -0.510. The fourth-order valence-corrected chi connectivity index (χ4v) is 4.70. The summed E-state index contributed by atoms with van der Waals surface area (Å²) in [5.41, 5.74) is 0.316. The van der Waals surface area contributed by atoms with Gasteiger partial charge in [-0.15, -0.1) is 0 Å². The van der Waals surface area contributed by atoms with Gasteiger partial charge in [0.1, 0.15) is 0 Å². The van der Waals surface area contributed by atoms with Crippen molar-refractivity contribution in [2.45, 2.75) is 12.5 Å². The van der Waals surface area contributed by atoms with Crippen molar-refractivity contribution in [2.24, 2.45) is 18.9 Å². The van der Waals surface area contributed by atoms with Gasteiger partial charge >= 0.3 is 0 Å². The highest BCUT2D eigenvalue weighted by Crippen LogP contribution is 2.49. The number of thioether (sulfide) groups is 1. The van der Waals surface area contributed by atoms with Crippen molar-refractivity contribution in [3.63, 3.8) is 0 Å². The lowest BCUT2D eigenvalue weighted by atomic mass is 10.2. The molecule has 4 rings (SSSR count). The second kappa shape index (κ2) is 7.78. The molecular weight excluding hydrogens is 393 g/mol. The van der Waals surface area contributed by atoms with Gasteiger partial charge in [-0.1, -0.05) is 0 Å². The van der Waals surface area contributed by atoms with Gasteiger partial charge < -0.3 is 9.80 Å². The third-order valence-electron chi connectivity index (χ3n) is 5.94. The fraction of sp³-hybridized carbons (Fsp3) is 0.500. The molecule has 1 aliphatic carbocycles. The van der Waals surface area contributed by atoms with Gasteiger partial charge in [0.2, 0.25) is 11.9 Å². The summed E-state index contributed by atoms with van der Waals surface area (Å²) in [5.74, 6) is 1.83. The highest BCUT2D eigenvalue weighted by molar-refractivity contribution is 7.98. The maximum absolute atomic E-state index is 14.1. The van der Waals surface area contributed by atoms with E-state index in [2.05, 4.69) is 9.97 Å². The molecule has 2 unspecified atom stereocenters. The lowest BCUT2D eigenvalue weighted by Crippen LogP contribution is -2.38. The average molecular weight is 418 g/mol. The third-order valence-corrected chi connectivity index (χ3v) is 6.56. The van der Waals surface area contributed by atoms with E-state index in [9.17, 15) is 14.0 Å². The molecule has 2 atom stereocenters. The molecule has 3 heterocycles. The summed E-state index contributed by atoms with van der Waals surface area (Å²) in [6.45, 7) is 1.50. The molecule has 1 amide bonds. The Morgan fingerprint density at radius 2 is 2.10 bits per heavy atom. The normalized spacial score (nSPS) is 22.5. The van der Waals surface area contributed by atoms with Crippen molar-refractivity contribution in [2.75, 3.05) is 37.0 Å². The summed E-state index contributed by atoms with van der Waals surface area (Å²) in [4.78, 5) is 37.0. The Bertz CT molecular complexity index is 985. The van der Waals surface area contributed by atoms with Crippen molar-refractivity contribution in [3.8, 4) is 11.3 Å². The molecule has 1 saturated carbocycles. The largest absolute Gasteiger partial charge is 0.342 e. The minimum absolute atomic E-state index is 0.216. The van der Waals surface area contributed by atoms with Crippen LogP contribution in [0.25, 0.3) is 11.3 Å². The predicted molar refractivity (Wildman–Crippen MR) is 111 cm³/mol. The summed E-state index contributed by atoms with van der Waals surface area (Å²) in [5, 5.41) is 0. The van der Waals surface area contributed by atoms with Crippen LogP contribution in [0.15, 0.2) is 29.3 Å². The average Bonchev–Trinajstić information content (AvgIpc) is 3.21. The van der Waals surface area contributed by atoms with Crippen molar-refractivity contribution < 1.29 is 9.18 Å². The van der Waals surface area contributed by atoms with Crippen LogP contribution in [0.2, 0.25) is 0 Å². The van der Waals surface area contributed by atoms with Gasteiger partial charge in [0, 0.05) is 75.1 Å². The first-order valence-electron chi connectivity index (χ1n) is 9.60. The lowest BCUT2D eigenvalue weighted by Gasteiger charge is -2.26. The second-order valence-electron chi connectivity index (χ2n) is 7.66. The summed E-state index contributed by atoms with van der Waals surface area (Å²) < 4.78 is 15.6. The Labute approximate surface area is 172 Å². The number of piperidine rings is 1. The molecule has 0 N–H and O–H groups in total. The maximum Gasteiger partial charge on any atom is 0.255 e. The number of anilines is 1. The van der Waals surface area contributed by atoms with E-state index in [0.29, 0.717) is 29.9 Å². The zero-order valence-corrected chi connectivity index (χ0v) is 17.5. The number of halogens is 1. The Hall–Kier alpha value is -2.42. The summed E-state index contributed by atoms with van der Waals surface area (Å²) in [6.07, 6.45) is 5.18. The van der Waals surface area contributed by atoms with E-state index in [1.54, 1.807) is 18.8 Å². The van der Waals surface area contributed by atoms with Gasteiger partial charge in [-0.25, -0.2) is 9.37 Å². The van der Waals surface area contributed by atoms with Crippen LogP contribution in [-0.4, -0.2) is 63.5 Å². The molecule has 0 bridgehead atoms. The van der Waals surface area contributed by atoms with Crippen LogP contribution in [-0.2, 0) is 11.8 Å². The van der Waals surface area contributed by atoms with Gasteiger partial charge in [-0.2, -0.15) is 11.8 Å². The number of hydrogen-bond acceptors (Lipinski definition) is 6. The molecule has 1 aliphatic heterocycles. The van der Waals surface area contributed by atoms with E-state index < -0.39 is 5.82 Å². The number of rotatable bonds is 6. The van der Waals surface area contributed by atoms with Crippen molar-refractivity contribution in [1.29, 1.82) is 0 Å². The molecule has 2 aromatic rings. The second-order valence-corrected chi connectivity index (χ2v) is 8.65. The van der Waals surface area contributed by atoms with Crippen LogP contribution >= 0.6 is 11.8 Å². The zero-order valence-electron chi connectivity index (χ0n) is 16.7. The van der Waals surface area contributed by atoms with E-state index in [-0.39, 0.29) is 23.1 Å². The molecular formula is C20H24FN5O2S. The van der Waals surface area contributed by atoms with Gasteiger partial charge in [-0.05, 0) is 12.3 Å². The van der Waals surface area contributed by atoms with Crippen LogP contribution < -0.4 is 10.5 Å². The number of hydrogen-bond donors (Lipinski definition) is 0. The standard InChI is InChI=1S/C20H24FN5O2S/c1-24-18(28)8-16(12-4-6-22-9-15(12)21)23-20(24)25(2)19-13-10-26(11-14(13)19)17(27)5-7-29-3/h4,6,8-9,13-14,19H,5,7,10-11H2,1-3H3. The van der Waals surface area contributed by atoms with Gasteiger partial charge in [0.25, 0.3) is 5.56 Å². The number of aromatic nitrogens is 3. The predicted octanol–water partition coefficient (Wildman–Crippen LogP) is 1.63. The molecule has 7 nitrogen and oxygen atoms in total. The Morgan fingerprint density at radius 1 is 1.38 bits per heavy atom. The van der Waals surface area contributed by atoms with Crippen LogP contribution in [0.4, 0.5) is 10.3 Å². The highest BCUT2D eigenvalue weighted by atomic mass is 32.2. The molecule has 0 radical (unpaired) electrons. The number of fused-ring (bicyclic) bond motifs is 1. The minimum Gasteiger partial charge on any atom is -0.342 e. The number of amides is 1. The first kappa shape index (κ1) is 19.9. The monoisotopic (exact) mass is 417 g/mol. The van der Waals surface area contributed by atoms with Crippen molar-refractivity contribution in [3.05, 3.63) is 40.7 Å². The maximum atomic E-state index is 14.1. The lowest BCUT2D eigenvalue weighted by molar-refractivity contribution is -0.130. The van der Waals surface area contributed by atoms with Gasteiger partial charge in [0.15, 0.2) is 5.82 Å². The van der Waals surface area contributed by atoms with E-state index in [1.165, 1.54) is 22.9 Å². The number of likely N-dealkylation sites (tertiary alicyclic amines) is 1. The van der Waals surface area contributed by atoms with E-state index in [0.717, 1.165) is 25.0 Å². The number of nitrogens with zero attached hydrogens (tertiary/aromatic N) is 5. The molecule has 0 spiro atoms. The molecule has 154 valence electrons. The molecule has 9 heteroatoms. The molecule has 2 aliphatic rings. The molecule has 2 aromatic heterocycles. The molecule has 29 heavy (non-hydrogen) atoms. The highest BCUT2D eigenvalue weighted by Gasteiger charge is 2.59. The van der Waals surface area contributed by atoms with Crippen LogP contribution in [0.5, 0.6) is 0 Å². The number of pyridine rings is 1. The van der Waals surface area contributed by atoms with E-state index in [1.807, 2.05) is 23.1 Å². The molecule has 1 saturated heterocycles. The summed E-state index contributed by atoms with van der Waals surface area (Å²) in [7, 11) is 3.58. The first-order chi connectivity index (χ1) is 13.9. The number of carbonyl (C=O) groups excluding carboxylic acids is 1. The quantitative estimate of drug-likeness (QED) is 0.712. The van der Waals surface area contributed by atoms with Crippen molar-refractivity contribution >= 4 is 23.6 Å². The summed E-state index contributed by atoms with van der Waals surface area (Å²) in [6, 6.07) is 3.09.